The summed E-state index contributed by atoms with van der Waals surface area (Å²) in [7, 11) is 3.27. The second-order valence-corrected chi connectivity index (χ2v) is 8.43. The molecule has 36 heavy (non-hydrogen) atoms. The van der Waals surface area contributed by atoms with Crippen molar-refractivity contribution in [2.75, 3.05) is 24.9 Å². The maximum atomic E-state index is 12.6. The first-order valence-corrected chi connectivity index (χ1v) is 11.7. The SMILES string of the molecule is COc1ccc(C=CC(=O)Nc2nc3n(n2)C(c2ccccc2)CC(c2ccc(OC)cc2)N3)cc1. The molecule has 1 aliphatic heterocycles. The first kappa shape index (κ1) is 23.2. The van der Waals surface area contributed by atoms with E-state index in [1.165, 1.54) is 6.08 Å². The number of fused-ring (bicyclic) bond motifs is 1. The van der Waals surface area contributed by atoms with Gasteiger partial charge in [-0.15, -0.1) is 5.10 Å². The molecular weight excluding hydrogens is 454 g/mol. The molecule has 2 heterocycles. The Hall–Kier alpha value is -4.59. The molecule has 3 aromatic carbocycles. The lowest BCUT2D eigenvalue weighted by Gasteiger charge is -2.31. The first-order valence-electron chi connectivity index (χ1n) is 11.7. The van der Waals surface area contributed by atoms with Gasteiger partial charge >= 0.3 is 0 Å². The third-order valence-corrected chi connectivity index (χ3v) is 6.17. The van der Waals surface area contributed by atoms with Crippen LogP contribution in [0.5, 0.6) is 11.5 Å². The Labute approximate surface area is 209 Å². The largest absolute Gasteiger partial charge is 0.497 e. The van der Waals surface area contributed by atoms with E-state index in [1.807, 2.05) is 59.3 Å². The van der Waals surface area contributed by atoms with E-state index in [9.17, 15) is 4.79 Å². The number of aromatic nitrogens is 3. The highest BCUT2D eigenvalue weighted by Crippen LogP contribution is 2.38. The summed E-state index contributed by atoms with van der Waals surface area (Å²) < 4.78 is 12.3. The molecule has 5 rings (SSSR count). The lowest BCUT2D eigenvalue weighted by atomic mass is 9.93. The van der Waals surface area contributed by atoms with Crippen LogP contribution in [0.15, 0.2) is 84.9 Å². The van der Waals surface area contributed by atoms with Crippen LogP contribution in [0.2, 0.25) is 0 Å². The smallest absolute Gasteiger partial charge is 0.250 e. The van der Waals surface area contributed by atoms with Gasteiger partial charge in [0, 0.05) is 6.08 Å². The molecule has 8 nitrogen and oxygen atoms in total. The quantitative estimate of drug-likeness (QED) is 0.357. The van der Waals surface area contributed by atoms with E-state index in [4.69, 9.17) is 9.47 Å². The zero-order chi connectivity index (χ0) is 24.9. The minimum atomic E-state index is -0.309. The fraction of sp³-hybridized carbons (Fsp3) is 0.179. The van der Waals surface area contributed by atoms with Crippen molar-refractivity contribution in [3.05, 3.63) is 102 Å². The molecule has 2 unspecified atom stereocenters. The topological polar surface area (TPSA) is 90.3 Å². The third kappa shape index (κ3) is 5.07. The minimum absolute atomic E-state index is 0.0244. The number of benzene rings is 3. The Morgan fingerprint density at radius 3 is 2.28 bits per heavy atom. The van der Waals surface area contributed by atoms with Crippen LogP contribution in [0.1, 0.15) is 35.2 Å². The second kappa shape index (κ2) is 10.4. The van der Waals surface area contributed by atoms with E-state index in [0.717, 1.165) is 34.6 Å². The van der Waals surface area contributed by atoms with Crippen molar-refractivity contribution in [2.24, 2.45) is 0 Å². The minimum Gasteiger partial charge on any atom is -0.497 e. The molecular formula is C28H27N5O3. The normalized spacial score (nSPS) is 16.7. The number of carbonyl (C=O) groups is 1. The van der Waals surface area contributed by atoms with E-state index in [2.05, 4.69) is 45.0 Å². The zero-order valence-corrected chi connectivity index (χ0v) is 20.1. The van der Waals surface area contributed by atoms with E-state index >= 15 is 0 Å². The Balaban J connectivity index is 1.37. The number of amides is 1. The van der Waals surface area contributed by atoms with Crippen LogP contribution < -0.4 is 20.1 Å². The van der Waals surface area contributed by atoms with Gasteiger partial charge in [0.25, 0.3) is 11.9 Å². The highest BCUT2D eigenvalue weighted by molar-refractivity contribution is 6.00. The highest BCUT2D eigenvalue weighted by atomic mass is 16.5. The molecule has 0 saturated heterocycles. The van der Waals surface area contributed by atoms with Crippen molar-refractivity contribution in [3.63, 3.8) is 0 Å². The lowest BCUT2D eigenvalue weighted by Crippen LogP contribution is -2.28. The number of nitrogens with zero attached hydrogens (tertiary/aromatic N) is 3. The summed E-state index contributed by atoms with van der Waals surface area (Å²) in [5.74, 6) is 2.11. The molecule has 2 N–H and O–H groups in total. The monoisotopic (exact) mass is 481 g/mol. The van der Waals surface area contributed by atoms with Crippen molar-refractivity contribution < 1.29 is 14.3 Å². The molecule has 4 aromatic rings. The van der Waals surface area contributed by atoms with Crippen LogP contribution in [0.4, 0.5) is 11.9 Å². The van der Waals surface area contributed by atoms with Gasteiger partial charge in [0.15, 0.2) is 0 Å². The predicted octanol–water partition coefficient (Wildman–Crippen LogP) is 5.09. The Morgan fingerprint density at radius 2 is 1.61 bits per heavy atom. The van der Waals surface area contributed by atoms with E-state index < -0.39 is 0 Å². The van der Waals surface area contributed by atoms with Gasteiger partial charge in [-0.3, -0.25) is 10.1 Å². The van der Waals surface area contributed by atoms with Crippen LogP contribution >= 0.6 is 0 Å². The Kier molecular flexibility index (Phi) is 6.66. The van der Waals surface area contributed by atoms with Crippen LogP contribution in [0.25, 0.3) is 6.08 Å². The first-order chi connectivity index (χ1) is 17.6. The molecule has 1 amide bonds. The summed E-state index contributed by atoms with van der Waals surface area (Å²) in [5.41, 5.74) is 3.14. The number of carbonyl (C=O) groups excluding carboxylic acids is 1. The molecule has 0 bridgehead atoms. The maximum Gasteiger partial charge on any atom is 0.250 e. The van der Waals surface area contributed by atoms with Gasteiger partial charge < -0.3 is 14.8 Å². The molecule has 0 radical (unpaired) electrons. The molecule has 182 valence electrons. The summed E-state index contributed by atoms with van der Waals surface area (Å²) in [5, 5.41) is 10.9. The van der Waals surface area contributed by atoms with Gasteiger partial charge in [0.1, 0.15) is 11.5 Å². The molecule has 1 aliphatic rings. The summed E-state index contributed by atoms with van der Waals surface area (Å²) in [6, 6.07) is 25.6. The number of rotatable bonds is 7. The summed E-state index contributed by atoms with van der Waals surface area (Å²) in [6.07, 6.45) is 3.97. The van der Waals surface area contributed by atoms with E-state index in [0.29, 0.717) is 5.95 Å². The average molecular weight is 482 g/mol. The summed E-state index contributed by atoms with van der Waals surface area (Å²) in [6.45, 7) is 0. The zero-order valence-electron chi connectivity index (χ0n) is 20.1. The van der Waals surface area contributed by atoms with E-state index in [1.54, 1.807) is 20.3 Å². The summed E-state index contributed by atoms with van der Waals surface area (Å²) >= 11 is 0. The molecule has 8 heteroatoms. The fourth-order valence-electron chi connectivity index (χ4n) is 4.28. The average Bonchev–Trinajstić information content (AvgIpc) is 3.34. The van der Waals surface area contributed by atoms with E-state index in [-0.39, 0.29) is 23.9 Å². The van der Waals surface area contributed by atoms with Gasteiger partial charge in [-0.1, -0.05) is 54.6 Å². The molecule has 1 aromatic heterocycles. The van der Waals surface area contributed by atoms with Gasteiger partial charge in [-0.05, 0) is 53.5 Å². The van der Waals surface area contributed by atoms with Gasteiger partial charge in [0.2, 0.25) is 5.95 Å². The molecule has 0 saturated carbocycles. The second-order valence-electron chi connectivity index (χ2n) is 8.43. The fourth-order valence-corrected chi connectivity index (χ4v) is 4.28. The predicted molar refractivity (Wildman–Crippen MR) is 139 cm³/mol. The van der Waals surface area contributed by atoms with Crippen molar-refractivity contribution in [2.45, 2.75) is 18.5 Å². The highest BCUT2D eigenvalue weighted by Gasteiger charge is 2.31. The van der Waals surface area contributed by atoms with Crippen molar-refractivity contribution in [1.82, 2.24) is 14.8 Å². The van der Waals surface area contributed by atoms with Crippen LogP contribution in [-0.4, -0.2) is 34.9 Å². The van der Waals surface area contributed by atoms with Gasteiger partial charge in [-0.25, -0.2) is 4.68 Å². The Bertz CT molecular complexity index is 1350. The number of anilines is 2. The molecule has 2 atom stereocenters. The number of hydrogen-bond donors (Lipinski definition) is 2. The van der Waals surface area contributed by atoms with Crippen molar-refractivity contribution in [1.29, 1.82) is 0 Å². The molecule has 0 spiro atoms. The third-order valence-electron chi connectivity index (χ3n) is 6.17. The van der Waals surface area contributed by atoms with Crippen molar-refractivity contribution >= 4 is 23.9 Å². The maximum absolute atomic E-state index is 12.6. The summed E-state index contributed by atoms with van der Waals surface area (Å²) in [4.78, 5) is 17.2. The van der Waals surface area contributed by atoms with Gasteiger partial charge in [0.05, 0.1) is 26.3 Å². The number of nitrogens with one attached hydrogen (secondary N) is 2. The molecule has 0 aliphatic carbocycles. The lowest BCUT2D eigenvalue weighted by molar-refractivity contribution is -0.111. The molecule has 0 fully saturated rings. The van der Waals surface area contributed by atoms with Crippen LogP contribution in [-0.2, 0) is 4.79 Å². The number of hydrogen-bond acceptors (Lipinski definition) is 6. The van der Waals surface area contributed by atoms with Crippen LogP contribution in [0, 0.1) is 0 Å². The number of methoxy groups -OCH3 is 2. The number of ether oxygens (including phenoxy) is 2. The van der Waals surface area contributed by atoms with Gasteiger partial charge in [-0.2, -0.15) is 4.98 Å². The standard InChI is InChI=1S/C28H27N5O3/c1-35-22-13-8-19(9-14-22)10-17-26(34)30-27-31-28-29-24(20-11-15-23(36-2)16-12-20)18-25(33(28)32-27)21-6-4-3-5-7-21/h3-17,24-25H,18H2,1-2H3,(H2,29,30,31,32,34). The van der Waals surface area contributed by atoms with Crippen LogP contribution in [0.3, 0.4) is 0 Å². The van der Waals surface area contributed by atoms with Crippen molar-refractivity contribution in [3.8, 4) is 11.5 Å². The Morgan fingerprint density at radius 1 is 0.944 bits per heavy atom.